The number of thioether (sulfide) groups is 2. The summed E-state index contributed by atoms with van der Waals surface area (Å²) in [6.07, 6.45) is 2.14. The minimum Gasteiger partial charge on any atom is -0.431 e. The van der Waals surface area contributed by atoms with Gasteiger partial charge < -0.3 is 30.2 Å². The molecule has 0 aromatic carbocycles. The molecule has 1 aliphatic carbocycles. The highest BCUT2D eigenvalue weighted by molar-refractivity contribution is 8.01. The third-order valence-electron chi connectivity index (χ3n) is 7.45. The molecule has 1 saturated carbocycles. The van der Waals surface area contributed by atoms with Crippen LogP contribution < -0.4 is 11.1 Å². The zero-order chi connectivity index (χ0) is 32.8. The minimum atomic E-state index is -1.27. The largest absolute Gasteiger partial charge is 0.511 e. The maximum absolute atomic E-state index is 13.6. The number of nitrogens with two attached hydrogens (primary N) is 1. The van der Waals surface area contributed by atoms with E-state index >= 15 is 0 Å². The minimum absolute atomic E-state index is 0. The van der Waals surface area contributed by atoms with Gasteiger partial charge in [0.05, 0.1) is 18.7 Å². The second-order valence-electron chi connectivity index (χ2n) is 11.3. The van der Waals surface area contributed by atoms with Gasteiger partial charge in [-0.25, -0.2) is 19.3 Å². The number of ether oxygens (including phenoxy) is 3. The van der Waals surface area contributed by atoms with Crippen molar-refractivity contribution in [2.24, 2.45) is 0 Å². The van der Waals surface area contributed by atoms with Crippen LogP contribution in [-0.2, 0) is 41.6 Å². The van der Waals surface area contributed by atoms with Crippen LogP contribution in [-0.4, -0.2) is 115 Å². The van der Waals surface area contributed by atoms with E-state index in [-0.39, 0.29) is 42.3 Å². The van der Waals surface area contributed by atoms with Gasteiger partial charge in [-0.1, -0.05) is 18.2 Å². The molecule has 20 heteroatoms. The molecular weight excluding hydrogens is 694 g/mol. The van der Waals surface area contributed by atoms with Gasteiger partial charge in [0, 0.05) is 30.4 Å². The SMILES string of the molecule is CC(OC(=O)OC1CCCCC1)OC(=O)C1=C(CSc2nnnn2CCN(C)C)CS[C@@H]2[C@H](NC(=O)Cc3csc(N)n3)C(=O)N12.Cl. The van der Waals surface area contributed by atoms with Crippen molar-refractivity contribution < 1.29 is 33.4 Å². The third kappa shape index (κ3) is 9.49. The van der Waals surface area contributed by atoms with Gasteiger partial charge in [-0.05, 0) is 55.8 Å². The quantitative estimate of drug-likeness (QED) is 0.131. The molecule has 47 heavy (non-hydrogen) atoms. The van der Waals surface area contributed by atoms with E-state index in [9.17, 15) is 19.2 Å². The molecule has 2 aromatic heterocycles. The van der Waals surface area contributed by atoms with Gasteiger partial charge in [0.2, 0.25) is 17.4 Å². The summed E-state index contributed by atoms with van der Waals surface area (Å²) in [6, 6.07) is -0.844. The summed E-state index contributed by atoms with van der Waals surface area (Å²) in [5.41, 5.74) is 6.83. The van der Waals surface area contributed by atoms with Crippen LogP contribution in [0.3, 0.4) is 0 Å². The fraction of sp³-hybridized carbons (Fsp3) is 0.630. The summed E-state index contributed by atoms with van der Waals surface area (Å²) in [5, 5.41) is 16.8. The Labute approximate surface area is 290 Å². The average Bonchev–Trinajstić information content (AvgIpc) is 3.65. The van der Waals surface area contributed by atoms with Crippen molar-refractivity contribution in [1.29, 1.82) is 0 Å². The van der Waals surface area contributed by atoms with Crippen LogP contribution in [0.1, 0.15) is 44.7 Å². The highest BCUT2D eigenvalue weighted by atomic mass is 35.5. The Bertz CT molecular complexity index is 1470. The molecule has 0 bridgehead atoms. The number of fused-ring (bicyclic) bond motifs is 1. The maximum atomic E-state index is 13.6. The van der Waals surface area contributed by atoms with Crippen LogP contribution in [0.15, 0.2) is 21.8 Å². The number of rotatable bonds is 13. The monoisotopic (exact) mass is 731 g/mol. The Kier molecular flexibility index (Phi) is 13.1. The number of amides is 2. The molecule has 2 fully saturated rings. The lowest BCUT2D eigenvalue weighted by molar-refractivity contribution is -0.170. The van der Waals surface area contributed by atoms with Crippen LogP contribution in [0.5, 0.6) is 0 Å². The number of carbonyl (C=O) groups is 4. The second-order valence-corrected chi connectivity index (χ2v) is 14.2. The van der Waals surface area contributed by atoms with Crippen molar-refractivity contribution in [3.8, 4) is 0 Å². The Morgan fingerprint density at radius 2 is 1.98 bits per heavy atom. The predicted molar refractivity (Wildman–Crippen MR) is 177 cm³/mol. The van der Waals surface area contributed by atoms with Gasteiger partial charge in [-0.3, -0.25) is 14.5 Å². The van der Waals surface area contributed by atoms with E-state index in [4.69, 9.17) is 19.9 Å². The topological polar surface area (TPSA) is 197 Å². The lowest BCUT2D eigenvalue weighted by Gasteiger charge is -2.49. The molecule has 2 amide bonds. The van der Waals surface area contributed by atoms with Gasteiger partial charge in [-0.2, -0.15) is 0 Å². The zero-order valence-corrected chi connectivity index (χ0v) is 29.4. The van der Waals surface area contributed by atoms with Crippen molar-refractivity contribution in [3.63, 3.8) is 0 Å². The molecule has 0 radical (unpaired) electrons. The standard InChI is InChI=1S/C27H37N9O7S3.ClH/c1-15(42-27(40)43-18-7-5-4-6-8-18)41-24(39)21-16(13-46-26-31-32-33-35(26)10-9-34(2)3)12-44-23-20(22(38)36(21)23)30-19(37)11-17-14-45-25(28)29-17;/h14-15,18,20,23H,4-13H2,1-3H3,(H2,28,29)(H,30,37);1H/t15?,20-,23-;/m1./s1. The molecule has 2 aromatic rings. The molecule has 16 nitrogen and oxygen atoms in total. The highest BCUT2D eigenvalue weighted by Crippen LogP contribution is 2.42. The molecular formula is C27H38ClN9O7S3. The first kappa shape index (κ1) is 36.7. The number of tetrazole rings is 1. The summed E-state index contributed by atoms with van der Waals surface area (Å²) < 4.78 is 17.8. The first-order valence-electron chi connectivity index (χ1n) is 14.9. The summed E-state index contributed by atoms with van der Waals surface area (Å²) >= 11 is 3.97. The molecule has 0 spiro atoms. The number of thiazole rings is 1. The predicted octanol–water partition coefficient (Wildman–Crippen LogP) is 2.06. The number of anilines is 1. The van der Waals surface area contributed by atoms with Gasteiger partial charge in [0.15, 0.2) is 5.13 Å². The fourth-order valence-corrected chi connectivity index (χ4v) is 8.13. The number of hydrogen-bond acceptors (Lipinski definition) is 16. The van der Waals surface area contributed by atoms with Crippen LogP contribution >= 0.6 is 47.3 Å². The number of nitrogens with zero attached hydrogens (tertiary/aromatic N) is 7. The van der Waals surface area contributed by atoms with Gasteiger partial charge in [-0.15, -0.1) is 40.6 Å². The Morgan fingerprint density at radius 1 is 1.21 bits per heavy atom. The number of likely N-dealkylation sites (N-methyl/N-ethyl adjacent to an activating group) is 1. The van der Waals surface area contributed by atoms with Gasteiger partial charge >= 0.3 is 12.1 Å². The molecule has 4 heterocycles. The molecule has 258 valence electrons. The number of esters is 1. The van der Waals surface area contributed by atoms with Crippen LogP contribution in [0, 0.1) is 0 Å². The van der Waals surface area contributed by atoms with Crippen LogP contribution in [0.2, 0.25) is 0 Å². The molecule has 3 N–H and O–H groups in total. The first-order chi connectivity index (χ1) is 22.1. The smallest absolute Gasteiger partial charge is 0.431 e. The van der Waals surface area contributed by atoms with Crippen molar-refractivity contribution >= 4 is 76.3 Å². The third-order valence-corrected chi connectivity index (χ3v) is 10.6. The number of β-lactam (4-membered cyclic amide) rings is 1. The molecule has 1 saturated heterocycles. The van der Waals surface area contributed by atoms with E-state index in [0.29, 0.717) is 33.9 Å². The Hall–Kier alpha value is -3.13. The van der Waals surface area contributed by atoms with Crippen molar-refractivity contribution in [3.05, 3.63) is 22.3 Å². The Balaban J connectivity index is 0.00000500. The number of hydrogen-bond donors (Lipinski definition) is 2. The number of aromatic nitrogens is 5. The Morgan fingerprint density at radius 3 is 2.68 bits per heavy atom. The lowest BCUT2D eigenvalue weighted by Crippen LogP contribution is -2.70. The number of nitrogens with one attached hydrogen (secondary N) is 1. The van der Waals surface area contributed by atoms with Crippen molar-refractivity contribution in [2.75, 3.05) is 37.9 Å². The molecule has 2 aliphatic heterocycles. The summed E-state index contributed by atoms with van der Waals surface area (Å²) in [6.45, 7) is 2.70. The van der Waals surface area contributed by atoms with E-state index in [1.807, 2.05) is 19.0 Å². The van der Waals surface area contributed by atoms with Crippen molar-refractivity contribution in [1.82, 2.24) is 40.3 Å². The van der Waals surface area contributed by atoms with Crippen molar-refractivity contribution in [2.45, 2.75) is 81.0 Å². The summed E-state index contributed by atoms with van der Waals surface area (Å²) in [4.78, 5) is 59.6. The second kappa shape index (κ2) is 16.8. The molecule has 1 unspecified atom stereocenters. The molecule has 3 atom stereocenters. The van der Waals surface area contributed by atoms with E-state index in [1.165, 1.54) is 46.7 Å². The summed E-state index contributed by atoms with van der Waals surface area (Å²) in [5.74, 6) is -1.01. The lowest BCUT2D eigenvalue weighted by atomic mass is 9.98. The first-order valence-corrected chi connectivity index (χ1v) is 17.8. The van der Waals surface area contributed by atoms with E-state index in [1.54, 1.807) is 10.1 Å². The van der Waals surface area contributed by atoms with Crippen LogP contribution in [0.25, 0.3) is 0 Å². The highest BCUT2D eigenvalue weighted by Gasteiger charge is 2.54. The van der Waals surface area contributed by atoms with Gasteiger partial charge in [0.25, 0.3) is 5.91 Å². The summed E-state index contributed by atoms with van der Waals surface area (Å²) in [7, 11) is 3.90. The number of carbonyl (C=O) groups excluding carboxylic acids is 4. The normalized spacial score (nSPS) is 20.2. The van der Waals surface area contributed by atoms with Crippen LogP contribution in [0.4, 0.5) is 9.93 Å². The van der Waals surface area contributed by atoms with E-state index < -0.39 is 35.7 Å². The van der Waals surface area contributed by atoms with E-state index in [2.05, 4.69) is 25.8 Å². The van der Waals surface area contributed by atoms with E-state index in [0.717, 1.165) is 38.6 Å². The molecule has 5 rings (SSSR count). The number of nitrogen functional groups attached to an aromatic ring is 1. The van der Waals surface area contributed by atoms with Gasteiger partial charge in [0.1, 0.15) is 23.2 Å². The maximum Gasteiger partial charge on any atom is 0.511 e. The average molecular weight is 732 g/mol. The number of halogens is 1. The molecule has 3 aliphatic rings. The zero-order valence-electron chi connectivity index (χ0n) is 26.2. The fourth-order valence-electron chi connectivity index (χ4n) is 5.18.